The average Bonchev–Trinajstić information content (AvgIpc) is 2.69. The van der Waals surface area contributed by atoms with Crippen molar-refractivity contribution in [1.82, 2.24) is 0 Å². The lowest BCUT2D eigenvalue weighted by molar-refractivity contribution is 0.968. The fourth-order valence-electron chi connectivity index (χ4n) is 2.70. The highest BCUT2D eigenvalue weighted by Crippen LogP contribution is 2.16. The third kappa shape index (κ3) is 7.62. The lowest BCUT2D eigenvalue weighted by atomic mass is 10.00. The number of allylic oxidation sites excluding steroid dienone is 9. The summed E-state index contributed by atoms with van der Waals surface area (Å²) >= 11 is 0. The zero-order valence-electron chi connectivity index (χ0n) is 17.4. The maximum Gasteiger partial charge on any atom is 0.0643 e. The first-order valence-electron chi connectivity index (χ1n) is 9.52. The van der Waals surface area contributed by atoms with Crippen molar-refractivity contribution in [3.05, 3.63) is 102 Å². The topological polar surface area (TPSA) is 12.4 Å². The Hall–Kier alpha value is -2.67. The Balaban J connectivity index is 2.79. The van der Waals surface area contributed by atoms with Gasteiger partial charge in [0.15, 0.2) is 0 Å². The zero-order valence-corrected chi connectivity index (χ0v) is 17.4. The van der Waals surface area contributed by atoms with Crippen LogP contribution in [0.15, 0.2) is 96.1 Å². The lowest BCUT2D eigenvalue weighted by Crippen LogP contribution is -1.98. The van der Waals surface area contributed by atoms with E-state index in [1.54, 1.807) is 0 Å². The van der Waals surface area contributed by atoms with E-state index in [2.05, 4.69) is 81.1 Å². The van der Waals surface area contributed by atoms with Gasteiger partial charge in [0.1, 0.15) is 0 Å². The molecule has 0 atom stereocenters. The second-order valence-electron chi connectivity index (χ2n) is 6.60. The number of aliphatic imine (C=N–C) groups is 1. The molecule has 0 N–H and O–H groups in total. The molecule has 0 radical (unpaired) electrons. The predicted molar refractivity (Wildman–Crippen MR) is 123 cm³/mol. The third-order valence-electron chi connectivity index (χ3n) is 4.51. The van der Waals surface area contributed by atoms with E-state index >= 15 is 0 Å². The first-order valence-corrected chi connectivity index (χ1v) is 9.52. The number of nitrogens with zero attached hydrogens (tertiary/aromatic N) is 1. The van der Waals surface area contributed by atoms with Gasteiger partial charge in [-0.15, -0.1) is 0 Å². The Kier molecular flexibility index (Phi) is 9.82. The molecule has 1 heteroatoms. The summed E-state index contributed by atoms with van der Waals surface area (Å²) in [4.78, 5) is 4.41. The predicted octanol–water partition coefficient (Wildman–Crippen LogP) is 7.30. The second-order valence-corrected chi connectivity index (χ2v) is 6.60. The van der Waals surface area contributed by atoms with Crippen LogP contribution in [0.25, 0.3) is 5.57 Å². The SMILES string of the molecule is C=CC(=C\C(=C/C)CC)/C(/C=C\C(=C)CCc1cccc(C(=C)C)c1)=N/C. The van der Waals surface area contributed by atoms with Crippen LogP contribution in [-0.2, 0) is 6.42 Å². The van der Waals surface area contributed by atoms with Gasteiger partial charge in [0.25, 0.3) is 0 Å². The van der Waals surface area contributed by atoms with Crippen LogP contribution in [-0.4, -0.2) is 12.8 Å². The second kappa shape index (κ2) is 11.9. The summed E-state index contributed by atoms with van der Waals surface area (Å²) in [6.07, 6.45) is 13.1. The van der Waals surface area contributed by atoms with Gasteiger partial charge in [0, 0.05) is 7.05 Å². The van der Waals surface area contributed by atoms with Crippen LogP contribution in [0, 0.1) is 0 Å². The number of benzene rings is 1. The van der Waals surface area contributed by atoms with Crippen LogP contribution >= 0.6 is 0 Å². The molecular weight excluding hydrogens is 326 g/mol. The molecule has 1 nitrogen and oxygen atoms in total. The molecule has 0 saturated heterocycles. The summed E-state index contributed by atoms with van der Waals surface area (Å²) in [7, 11) is 1.81. The van der Waals surface area contributed by atoms with Crippen molar-refractivity contribution in [3.63, 3.8) is 0 Å². The molecular formula is C26H33N. The maximum absolute atomic E-state index is 4.41. The van der Waals surface area contributed by atoms with Gasteiger partial charge in [-0.25, -0.2) is 0 Å². The highest BCUT2D eigenvalue weighted by atomic mass is 14.7. The first-order chi connectivity index (χ1) is 12.9. The molecule has 27 heavy (non-hydrogen) atoms. The minimum Gasteiger partial charge on any atom is -0.288 e. The van der Waals surface area contributed by atoms with Crippen molar-refractivity contribution < 1.29 is 0 Å². The highest BCUT2D eigenvalue weighted by Gasteiger charge is 2.02. The lowest BCUT2D eigenvalue weighted by Gasteiger charge is -2.06. The van der Waals surface area contributed by atoms with E-state index in [1.165, 1.54) is 16.7 Å². The van der Waals surface area contributed by atoms with Gasteiger partial charge in [0.05, 0.1) is 5.71 Å². The Morgan fingerprint density at radius 2 is 1.93 bits per heavy atom. The molecule has 0 spiro atoms. The number of rotatable bonds is 10. The van der Waals surface area contributed by atoms with Gasteiger partial charge in [-0.3, -0.25) is 4.99 Å². The van der Waals surface area contributed by atoms with Gasteiger partial charge >= 0.3 is 0 Å². The Bertz CT molecular complexity index is 797. The van der Waals surface area contributed by atoms with Crippen LogP contribution in [0.4, 0.5) is 0 Å². The molecule has 0 aliphatic rings. The molecule has 0 heterocycles. The Morgan fingerprint density at radius 3 is 2.48 bits per heavy atom. The average molecular weight is 360 g/mol. The first kappa shape index (κ1) is 22.4. The molecule has 0 bridgehead atoms. The minimum atomic E-state index is 0.912. The van der Waals surface area contributed by atoms with Crippen molar-refractivity contribution in [2.75, 3.05) is 7.05 Å². The summed E-state index contributed by atoms with van der Waals surface area (Å²) in [5.74, 6) is 0. The maximum atomic E-state index is 4.41. The Labute approximate surface area is 165 Å². The van der Waals surface area contributed by atoms with Crippen molar-refractivity contribution in [1.29, 1.82) is 0 Å². The van der Waals surface area contributed by atoms with Crippen molar-refractivity contribution in [2.45, 2.75) is 40.0 Å². The van der Waals surface area contributed by atoms with Crippen LogP contribution in [0.1, 0.15) is 44.7 Å². The van der Waals surface area contributed by atoms with Crippen molar-refractivity contribution in [2.24, 2.45) is 4.99 Å². The van der Waals surface area contributed by atoms with E-state index in [4.69, 9.17) is 0 Å². The van der Waals surface area contributed by atoms with Crippen molar-refractivity contribution >= 4 is 11.3 Å². The van der Waals surface area contributed by atoms with Gasteiger partial charge in [0.2, 0.25) is 0 Å². The molecule has 0 aliphatic heterocycles. The summed E-state index contributed by atoms with van der Waals surface area (Å²) in [6.45, 7) is 18.4. The van der Waals surface area contributed by atoms with Crippen molar-refractivity contribution in [3.8, 4) is 0 Å². The fraction of sp³-hybridized carbons (Fsp3) is 0.269. The minimum absolute atomic E-state index is 0.912. The van der Waals surface area contributed by atoms with E-state index < -0.39 is 0 Å². The summed E-state index contributed by atoms with van der Waals surface area (Å²) in [5, 5.41) is 0. The van der Waals surface area contributed by atoms with Crippen LogP contribution in [0.5, 0.6) is 0 Å². The molecule has 0 saturated carbocycles. The molecule has 0 fully saturated rings. The van der Waals surface area contributed by atoms with Crippen LogP contribution in [0.2, 0.25) is 0 Å². The zero-order chi connectivity index (χ0) is 20.2. The van der Waals surface area contributed by atoms with Gasteiger partial charge in [-0.2, -0.15) is 0 Å². The molecule has 0 unspecified atom stereocenters. The van der Waals surface area contributed by atoms with Crippen LogP contribution in [0.3, 0.4) is 0 Å². The molecule has 1 aromatic carbocycles. The van der Waals surface area contributed by atoms with E-state index in [9.17, 15) is 0 Å². The summed E-state index contributed by atoms with van der Waals surface area (Å²) in [5.41, 5.74) is 7.91. The number of aryl methyl sites for hydroxylation is 1. The summed E-state index contributed by atoms with van der Waals surface area (Å²) in [6, 6.07) is 8.56. The molecule has 0 aromatic heterocycles. The van der Waals surface area contributed by atoms with E-state index in [1.807, 2.05) is 26.1 Å². The number of hydrogen-bond donors (Lipinski definition) is 0. The fourth-order valence-corrected chi connectivity index (χ4v) is 2.70. The standard InChI is InChI=1S/C26H33N/c1-8-22(9-2)18-24(10-3)26(27-7)17-15-21(6)14-16-23-12-11-13-25(19-23)20(4)5/h8,10-13,15,17-19H,3-4,6,9,14,16H2,1-2,5,7H3/b17-15-,22-8-,24-18+,27-26+. The van der Waals surface area contributed by atoms with E-state index in [-0.39, 0.29) is 0 Å². The molecule has 1 rings (SSSR count). The van der Waals surface area contributed by atoms with Gasteiger partial charge < -0.3 is 0 Å². The third-order valence-corrected chi connectivity index (χ3v) is 4.51. The number of hydrogen-bond acceptors (Lipinski definition) is 1. The largest absolute Gasteiger partial charge is 0.288 e. The monoisotopic (exact) mass is 359 g/mol. The molecule has 0 aliphatic carbocycles. The molecule has 1 aromatic rings. The smallest absolute Gasteiger partial charge is 0.0643 e. The normalized spacial score (nSPS) is 13.1. The summed E-state index contributed by atoms with van der Waals surface area (Å²) < 4.78 is 0. The quantitative estimate of drug-likeness (QED) is 0.307. The highest BCUT2D eigenvalue weighted by molar-refractivity contribution is 6.10. The van der Waals surface area contributed by atoms with Gasteiger partial charge in [-0.1, -0.05) is 85.9 Å². The molecule has 0 amide bonds. The molecule has 142 valence electrons. The van der Waals surface area contributed by atoms with E-state index in [0.29, 0.717) is 0 Å². The van der Waals surface area contributed by atoms with Gasteiger partial charge in [-0.05, 0) is 62.0 Å². The van der Waals surface area contributed by atoms with E-state index in [0.717, 1.165) is 41.7 Å². The van der Waals surface area contributed by atoms with Crippen LogP contribution < -0.4 is 0 Å². The Morgan fingerprint density at radius 1 is 1.19 bits per heavy atom.